The summed E-state index contributed by atoms with van der Waals surface area (Å²) in [6.07, 6.45) is 3.62. The molecule has 2 unspecified atom stereocenters. The number of hydrogen-bond acceptors (Lipinski definition) is 3. The Kier molecular flexibility index (Phi) is 4.38. The van der Waals surface area contributed by atoms with Crippen molar-refractivity contribution in [1.82, 2.24) is 4.90 Å². The Balaban J connectivity index is 2.07. The van der Waals surface area contributed by atoms with E-state index < -0.39 is 5.60 Å². The summed E-state index contributed by atoms with van der Waals surface area (Å²) in [6.45, 7) is 4.29. The number of piperidine rings is 1. The maximum atomic E-state index is 10.7. The third-order valence-corrected chi connectivity index (χ3v) is 3.93. The molecule has 2 atom stereocenters. The SMILES string of the molecule is CC(O)(CN1CCCCC1CN)c1ccccc1. The van der Waals surface area contributed by atoms with E-state index in [2.05, 4.69) is 4.90 Å². The van der Waals surface area contributed by atoms with Gasteiger partial charge in [0.2, 0.25) is 0 Å². The minimum absolute atomic E-state index is 0.425. The van der Waals surface area contributed by atoms with Crippen molar-refractivity contribution < 1.29 is 5.11 Å². The lowest BCUT2D eigenvalue weighted by Crippen LogP contribution is -2.49. The molecule has 0 amide bonds. The van der Waals surface area contributed by atoms with Crippen LogP contribution in [0.15, 0.2) is 30.3 Å². The Morgan fingerprint density at radius 1 is 1.33 bits per heavy atom. The molecule has 3 nitrogen and oxygen atoms in total. The van der Waals surface area contributed by atoms with E-state index in [1.54, 1.807) is 0 Å². The minimum Gasteiger partial charge on any atom is -0.384 e. The molecule has 2 rings (SSSR count). The molecule has 1 saturated heterocycles. The average Bonchev–Trinajstić information content (AvgIpc) is 2.40. The fourth-order valence-corrected chi connectivity index (χ4v) is 2.82. The largest absolute Gasteiger partial charge is 0.384 e. The van der Waals surface area contributed by atoms with Gasteiger partial charge in [-0.05, 0) is 31.9 Å². The molecule has 0 aliphatic carbocycles. The number of hydrogen-bond donors (Lipinski definition) is 2. The maximum Gasteiger partial charge on any atom is 0.0994 e. The van der Waals surface area contributed by atoms with Gasteiger partial charge in [0.15, 0.2) is 0 Å². The minimum atomic E-state index is -0.800. The van der Waals surface area contributed by atoms with Gasteiger partial charge in [-0.25, -0.2) is 0 Å². The molecule has 1 aromatic rings. The third kappa shape index (κ3) is 3.10. The van der Waals surface area contributed by atoms with Crippen molar-refractivity contribution in [3.8, 4) is 0 Å². The van der Waals surface area contributed by atoms with Crippen LogP contribution in [0.25, 0.3) is 0 Å². The fraction of sp³-hybridized carbons (Fsp3) is 0.600. The molecular weight excluding hydrogens is 224 g/mol. The highest BCUT2D eigenvalue weighted by atomic mass is 16.3. The van der Waals surface area contributed by atoms with Crippen LogP contribution < -0.4 is 5.73 Å². The van der Waals surface area contributed by atoms with Crippen LogP contribution in [0.5, 0.6) is 0 Å². The Hall–Kier alpha value is -0.900. The molecule has 0 radical (unpaired) electrons. The molecule has 0 aromatic heterocycles. The predicted molar refractivity (Wildman–Crippen MR) is 74.3 cm³/mol. The summed E-state index contributed by atoms with van der Waals surface area (Å²) < 4.78 is 0. The molecule has 1 aliphatic heterocycles. The number of benzene rings is 1. The number of nitrogens with zero attached hydrogens (tertiary/aromatic N) is 1. The molecule has 1 heterocycles. The molecule has 0 bridgehead atoms. The Labute approximate surface area is 110 Å². The average molecular weight is 248 g/mol. The Bertz CT molecular complexity index is 364. The molecule has 100 valence electrons. The van der Waals surface area contributed by atoms with Crippen LogP contribution in [0.1, 0.15) is 31.7 Å². The summed E-state index contributed by atoms with van der Waals surface area (Å²) in [5, 5.41) is 10.7. The van der Waals surface area contributed by atoms with E-state index in [-0.39, 0.29) is 0 Å². The van der Waals surface area contributed by atoms with Crippen molar-refractivity contribution in [1.29, 1.82) is 0 Å². The first-order chi connectivity index (χ1) is 8.63. The van der Waals surface area contributed by atoms with E-state index in [0.29, 0.717) is 19.1 Å². The molecule has 1 fully saturated rings. The normalized spacial score (nSPS) is 24.7. The molecule has 18 heavy (non-hydrogen) atoms. The maximum absolute atomic E-state index is 10.7. The lowest BCUT2D eigenvalue weighted by molar-refractivity contribution is -0.00577. The van der Waals surface area contributed by atoms with E-state index >= 15 is 0 Å². The van der Waals surface area contributed by atoms with E-state index in [0.717, 1.165) is 18.5 Å². The van der Waals surface area contributed by atoms with Gasteiger partial charge in [0.25, 0.3) is 0 Å². The summed E-state index contributed by atoms with van der Waals surface area (Å²) in [4.78, 5) is 2.34. The zero-order valence-electron chi connectivity index (χ0n) is 11.2. The highest BCUT2D eigenvalue weighted by molar-refractivity contribution is 5.21. The Morgan fingerprint density at radius 2 is 2.06 bits per heavy atom. The highest BCUT2D eigenvalue weighted by Crippen LogP contribution is 2.25. The number of rotatable bonds is 4. The summed E-state index contributed by atoms with van der Waals surface area (Å²) in [7, 11) is 0. The van der Waals surface area contributed by atoms with Crippen LogP contribution in [-0.4, -0.2) is 35.7 Å². The number of β-amino-alcohol motifs (C(OH)–C–C–N with tert-alkyl or cyclic N) is 1. The lowest BCUT2D eigenvalue weighted by atomic mass is 9.93. The Morgan fingerprint density at radius 3 is 2.72 bits per heavy atom. The third-order valence-electron chi connectivity index (χ3n) is 3.93. The van der Waals surface area contributed by atoms with Gasteiger partial charge >= 0.3 is 0 Å². The van der Waals surface area contributed by atoms with Crippen molar-refractivity contribution >= 4 is 0 Å². The van der Waals surface area contributed by atoms with Gasteiger partial charge in [0.05, 0.1) is 5.60 Å². The van der Waals surface area contributed by atoms with Gasteiger partial charge in [0.1, 0.15) is 0 Å². The zero-order chi connectivity index (χ0) is 13.0. The fourth-order valence-electron chi connectivity index (χ4n) is 2.82. The van der Waals surface area contributed by atoms with Crippen LogP contribution in [0, 0.1) is 0 Å². The molecule has 3 N–H and O–H groups in total. The predicted octanol–water partition coefficient (Wildman–Crippen LogP) is 1.71. The van der Waals surface area contributed by atoms with Gasteiger partial charge in [-0.2, -0.15) is 0 Å². The van der Waals surface area contributed by atoms with Crippen molar-refractivity contribution in [2.75, 3.05) is 19.6 Å². The first kappa shape index (κ1) is 13.5. The monoisotopic (exact) mass is 248 g/mol. The summed E-state index contributed by atoms with van der Waals surface area (Å²) >= 11 is 0. The first-order valence-corrected chi connectivity index (χ1v) is 6.85. The summed E-state index contributed by atoms with van der Waals surface area (Å²) in [5.74, 6) is 0. The summed E-state index contributed by atoms with van der Waals surface area (Å²) in [6, 6.07) is 10.3. The standard InChI is InChI=1S/C15H24N2O/c1-15(18,13-7-3-2-4-8-13)12-17-10-6-5-9-14(17)11-16/h2-4,7-8,14,18H,5-6,9-12,16H2,1H3. The highest BCUT2D eigenvalue weighted by Gasteiger charge is 2.30. The molecule has 1 aromatic carbocycles. The first-order valence-electron chi connectivity index (χ1n) is 6.85. The van der Waals surface area contributed by atoms with Crippen LogP contribution in [0.3, 0.4) is 0 Å². The molecule has 1 aliphatic rings. The van der Waals surface area contributed by atoms with Crippen LogP contribution in [0.4, 0.5) is 0 Å². The van der Waals surface area contributed by atoms with Gasteiger partial charge in [0, 0.05) is 19.1 Å². The van der Waals surface area contributed by atoms with Crippen LogP contribution in [-0.2, 0) is 5.60 Å². The number of aliphatic hydroxyl groups is 1. The van der Waals surface area contributed by atoms with Gasteiger partial charge in [-0.1, -0.05) is 36.8 Å². The van der Waals surface area contributed by atoms with E-state index in [4.69, 9.17) is 5.73 Å². The van der Waals surface area contributed by atoms with Crippen molar-refractivity contribution in [2.45, 2.75) is 37.8 Å². The molecule has 3 heteroatoms. The topological polar surface area (TPSA) is 49.5 Å². The van der Waals surface area contributed by atoms with Gasteiger partial charge in [-0.3, -0.25) is 4.90 Å². The summed E-state index contributed by atoms with van der Waals surface area (Å²) in [5.41, 5.74) is 6.01. The molecule has 0 spiro atoms. The van der Waals surface area contributed by atoms with Gasteiger partial charge < -0.3 is 10.8 Å². The second-order valence-electron chi connectivity index (χ2n) is 5.50. The molecular formula is C15H24N2O. The molecule has 0 saturated carbocycles. The van der Waals surface area contributed by atoms with Crippen LogP contribution >= 0.6 is 0 Å². The van der Waals surface area contributed by atoms with Gasteiger partial charge in [-0.15, -0.1) is 0 Å². The number of nitrogens with two attached hydrogens (primary N) is 1. The van der Waals surface area contributed by atoms with Crippen molar-refractivity contribution in [2.24, 2.45) is 5.73 Å². The van der Waals surface area contributed by atoms with E-state index in [1.165, 1.54) is 12.8 Å². The second-order valence-corrected chi connectivity index (χ2v) is 5.50. The second kappa shape index (κ2) is 5.83. The lowest BCUT2D eigenvalue weighted by Gasteiger charge is -2.39. The van der Waals surface area contributed by atoms with Crippen LogP contribution in [0.2, 0.25) is 0 Å². The zero-order valence-corrected chi connectivity index (χ0v) is 11.2. The van der Waals surface area contributed by atoms with E-state index in [9.17, 15) is 5.11 Å². The van der Waals surface area contributed by atoms with Crippen molar-refractivity contribution in [3.63, 3.8) is 0 Å². The quantitative estimate of drug-likeness (QED) is 0.853. The number of likely N-dealkylation sites (tertiary alicyclic amines) is 1. The van der Waals surface area contributed by atoms with Crippen molar-refractivity contribution in [3.05, 3.63) is 35.9 Å². The van der Waals surface area contributed by atoms with E-state index in [1.807, 2.05) is 37.3 Å². The smallest absolute Gasteiger partial charge is 0.0994 e.